The minimum atomic E-state index is -1.39. The highest BCUT2D eigenvalue weighted by molar-refractivity contribution is 5.87. The standard InChI is InChI=1S/C9H16O2.C8H8.C7H12O2.C5H10O4.C5H8O3/c1-5-8(4)6-11-9(10)7(2)3;1-2-8-6-4-3-5-7-8;1-4-5-9-7(8)6(2)3;1-5(2-6,3-7)4(8)9;1-2-5(7)8-4-3-6/h8H,2,5-6H2,1,3-4H3;2-7H,1H2;2,4-5H2,1,3H3;6-7H,2-3H2,1H3,(H,8,9);2,6H,1,3-4H2. The van der Waals surface area contributed by atoms with Crippen LogP contribution in [0.15, 0.2) is 73.9 Å². The predicted molar refractivity (Wildman–Crippen MR) is 176 cm³/mol. The van der Waals surface area contributed by atoms with Crippen LogP contribution in [0.25, 0.3) is 6.08 Å². The summed E-state index contributed by atoms with van der Waals surface area (Å²) in [5, 5.41) is 33.2. The van der Waals surface area contributed by atoms with E-state index in [1.807, 2.05) is 50.3 Å². The predicted octanol–water partition coefficient (Wildman–Crippen LogP) is 4.77. The Hall–Kier alpha value is -4.06. The van der Waals surface area contributed by atoms with E-state index in [1.165, 1.54) is 12.5 Å². The summed E-state index contributed by atoms with van der Waals surface area (Å²) in [6, 6.07) is 10.0. The van der Waals surface area contributed by atoms with Gasteiger partial charge in [-0.1, -0.05) is 89.9 Å². The average Bonchev–Trinajstić information content (AvgIpc) is 3.05. The number of esters is 3. The van der Waals surface area contributed by atoms with E-state index in [-0.39, 0.29) is 25.2 Å². The highest BCUT2D eigenvalue weighted by atomic mass is 16.5. The van der Waals surface area contributed by atoms with Gasteiger partial charge in [-0.25, -0.2) is 14.4 Å². The van der Waals surface area contributed by atoms with Crippen LogP contribution in [0.4, 0.5) is 0 Å². The van der Waals surface area contributed by atoms with Crippen LogP contribution in [-0.2, 0) is 33.4 Å². The minimum absolute atomic E-state index is 0.0465. The van der Waals surface area contributed by atoms with Crippen LogP contribution in [-0.4, -0.2) is 83.9 Å². The highest BCUT2D eigenvalue weighted by Gasteiger charge is 2.31. The summed E-state index contributed by atoms with van der Waals surface area (Å²) in [5.41, 5.74) is 0.712. The van der Waals surface area contributed by atoms with Crippen LogP contribution in [0.3, 0.4) is 0 Å². The molecular formula is C34H54O11. The number of aliphatic carboxylic acids is 1. The van der Waals surface area contributed by atoms with Crippen LogP contribution in [0.5, 0.6) is 0 Å². The molecule has 0 saturated heterocycles. The SMILES string of the molecule is C=C(C)C(=O)OCC(C)CC.C=C(C)C(=O)OCCC.C=CC(=O)OCCO.C=Cc1ccccc1.CC(CO)(CO)C(=O)O. The fourth-order valence-corrected chi connectivity index (χ4v) is 1.76. The van der Waals surface area contributed by atoms with E-state index in [2.05, 4.69) is 38.0 Å². The number of carbonyl (C=O) groups excluding carboxylic acids is 3. The first-order chi connectivity index (χ1) is 21.1. The Morgan fingerprint density at radius 2 is 1.36 bits per heavy atom. The largest absolute Gasteiger partial charge is 0.481 e. The van der Waals surface area contributed by atoms with Crippen LogP contribution < -0.4 is 0 Å². The van der Waals surface area contributed by atoms with Crippen molar-refractivity contribution < 1.29 is 53.8 Å². The molecule has 45 heavy (non-hydrogen) atoms. The number of rotatable bonds is 14. The van der Waals surface area contributed by atoms with E-state index in [9.17, 15) is 19.2 Å². The molecule has 0 heterocycles. The van der Waals surface area contributed by atoms with Crippen LogP contribution in [0, 0.1) is 11.3 Å². The number of aliphatic hydroxyl groups excluding tert-OH is 3. The van der Waals surface area contributed by atoms with Gasteiger partial charge in [-0.15, -0.1) is 0 Å². The molecule has 1 aromatic carbocycles. The number of carboxylic acid groups (broad SMARTS) is 1. The summed E-state index contributed by atoms with van der Waals surface area (Å²) < 4.78 is 14.0. The molecule has 0 amide bonds. The summed E-state index contributed by atoms with van der Waals surface area (Å²) in [6.07, 6.45) is 4.78. The third-order valence-electron chi connectivity index (χ3n) is 5.08. The second-order valence-electron chi connectivity index (χ2n) is 9.70. The average molecular weight is 639 g/mol. The fourth-order valence-electron chi connectivity index (χ4n) is 1.76. The number of ether oxygens (including phenoxy) is 3. The normalized spacial score (nSPS) is 9.98. The van der Waals surface area contributed by atoms with Gasteiger partial charge >= 0.3 is 23.9 Å². The number of benzene rings is 1. The van der Waals surface area contributed by atoms with Gasteiger partial charge in [-0.05, 0) is 38.7 Å². The first-order valence-corrected chi connectivity index (χ1v) is 14.2. The molecular weight excluding hydrogens is 584 g/mol. The van der Waals surface area contributed by atoms with Gasteiger partial charge < -0.3 is 34.6 Å². The van der Waals surface area contributed by atoms with Crippen molar-refractivity contribution in [2.24, 2.45) is 11.3 Å². The maximum atomic E-state index is 10.8. The molecule has 0 aliphatic rings. The van der Waals surface area contributed by atoms with E-state index in [1.54, 1.807) is 13.8 Å². The molecule has 0 aromatic heterocycles. The van der Waals surface area contributed by atoms with Crippen molar-refractivity contribution in [2.75, 3.05) is 39.6 Å². The van der Waals surface area contributed by atoms with Gasteiger partial charge in [0.25, 0.3) is 0 Å². The van der Waals surface area contributed by atoms with Gasteiger partial charge in [-0.3, -0.25) is 4.79 Å². The van der Waals surface area contributed by atoms with Gasteiger partial charge in [0, 0.05) is 17.2 Å². The Bertz CT molecular complexity index is 997. The van der Waals surface area contributed by atoms with Crippen molar-refractivity contribution in [3.8, 4) is 0 Å². The Kier molecular flexibility index (Phi) is 33.4. The third-order valence-corrected chi connectivity index (χ3v) is 5.08. The lowest BCUT2D eigenvalue weighted by atomic mass is 9.94. The fraction of sp³-hybridized carbons (Fsp3) is 0.471. The van der Waals surface area contributed by atoms with Crippen LogP contribution in [0.1, 0.15) is 59.9 Å². The Labute approximate surface area is 268 Å². The Morgan fingerprint density at radius 1 is 0.867 bits per heavy atom. The minimum Gasteiger partial charge on any atom is -0.481 e. The summed E-state index contributed by atoms with van der Waals surface area (Å²) in [5.74, 6) is -1.83. The molecule has 1 aromatic rings. The van der Waals surface area contributed by atoms with Gasteiger partial charge in [0.05, 0.1) is 33.0 Å². The molecule has 11 heteroatoms. The van der Waals surface area contributed by atoms with Gasteiger partial charge in [0.15, 0.2) is 0 Å². The van der Waals surface area contributed by atoms with E-state index in [0.717, 1.165) is 18.9 Å². The van der Waals surface area contributed by atoms with Gasteiger partial charge in [0.1, 0.15) is 12.0 Å². The second kappa shape index (κ2) is 31.4. The molecule has 0 aliphatic heterocycles. The summed E-state index contributed by atoms with van der Waals surface area (Å²) >= 11 is 0. The number of carbonyl (C=O) groups is 4. The van der Waals surface area contributed by atoms with Crippen LogP contribution >= 0.6 is 0 Å². The zero-order valence-electron chi connectivity index (χ0n) is 27.8. The lowest BCUT2D eigenvalue weighted by Crippen LogP contribution is -2.35. The molecule has 0 bridgehead atoms. The molecule has 0 aliphatic carbocycles. The number of hydrogen-bond donors (Lipinski definition) is 4. The smallest absolute Gasteiger partial charge is 0.333 e. The van der Waals surface area contributed by atoms with Gasteiger partial charge in [-0.2, -0.15) is 0 Å². The monoisotopic (exact) mass is 638 g/mol. The maximum absolute atomic E-state index is 10.8. The van der Waals surface area contributed by atoms with Crippen molar-refractivity contribution in [3.63, 3.8) is 0 Å². The molecule has 1 unspecified atom stereocenters. The Balaban J connectivity index is -0.000000235. The van der Waals surface area contributed by atoms with Crippen molar-refractivity contribution in [1.29, 1.82) is 0 Å². The number of carboxylic acids is 1. The molecule has 0 fully saturated rings. The van der Waals surface area contributed by atoms with E-state index in [4.69, 9.17) is 29.9 Å². The molecule has 0 radical (unpaired) electrons. The third kappa shape index (κ3) is 31.2. The zero-order chi connectivity index (χ0) is 35.8. The van der Waals surface area contributed by atoms with E-state index >= 15 is 0 Å². The topological polar surface area (TPSA) is 177 Å². The Morgan fingerprint density at radius 3 is 1.64 bits per heavy atom. The van der Waals surface area contributed by atoms with Crippen molar-refractivity contribution in [1.82, 2.24) is 0 Å². The quantitative estimate of drug-likeness (QED) is 0.125. The molecule has 4 N–H and O–H groups in total. The molecule has 0 spiro atoms. The summed E-state index contributed by atoms with van der Waals surface area (Å²) in [7, 11) is 0. The highest BCUT2D eigenvalue weighted by Crippen LogP contribution is 2.13. The lowest BCUT2D eigenvalue weighted by Gasteiger charge is -2.17. The number of hydrogen-bond acceptors (Lipinski definition) is 10. The van der Waals surface area contributed by atoms with Crippen LogP contribution in [0.2, 0.25) is 0 Å². The molecule has 1 atom stereocenters. The second-order valence-corrected chi connectivity index (χ2v) is 9.70. The number of aliphatic hydroxyl groups is 3. The van der Waals surface area contributed by atoms with Crippen molar-refractivity contribution in [3.05, 3.63) is 79.4 Å². The van der Waals surface area contributed by atoms with Crippen molar-refractivity contribution >= 4 is 30.0 Å². The first-order valence-electron chi connectivity index (χ1n) is 14.2. The van der Waals surface area contributed by atoms with Crippen molar-refractivity contribution in [2.45, 2.75) is 54.4 Å². The molecule has 11 nitrogen and oxygen atoms in total. The van der Waals surface area contributed by atoms with E-state index < -0.39 is 30.6 Å². The summed E-state index contributed by atoms with van der Waals surface area (Å²) in [6.45, 7) is 24.1. The van der Waals surface area contributed by atoms with E-state index in [0.29, 0.717) is 30.3 Å². The van der Waals surface area contributed by atoms with Gasteiger partial charge in [0.2, 0.25) is 0 Å². The molecule has 256 valence electrons. The lowest BCUT2D eigenvalue weighted by molar-refractivity contribution is -0.153. The molecule has 1 rings (SSSR count). The maximum Gasteiger partial charge on any atom is 0.333 e. The molecule has 0 saturated carbocycles. The summed E-state index contributed by atoms with van der Waals surface area (Å²) in [4.78, 5) is 41.7. The first kappa shape index (κ1) is 47.9. The zero-order valence-corrected chi connectivity index (χ0v) is 27.8.